The van der Waals surface area contributed by atoms with Gasteiger partial charge in [-0.25, -0.2) is 9.48 Å². The first-order valence-corrected chi connectivity index (χ1v) is 9.33. The summed E-state index contributed by atoms with van der Waals surface area (Å²) < 4.78 is 1.72. The number of amides is 3. The van der Waals surface area contributed by atoms with Crippen LogP contribution in [0.3, 0.4) is 0 Å². The molecule has 0 bridgehead atoms. The molecule has 3 rings (SSSR count). The van der Waals surface area contributed by atoms with E-state index in [9.17, 15) is 9.59 Å². The van der Waals surface area contributed by atoms with Crippen molar-refractivity contribution in [3.05, 3.63) is 42.4 Å². The van der Waals surface area contributed by atoms with Crippen molar-refractivity contribution in [3.8, 4) is 0 Å². The molecule has 1 atom stereocenters. The third-order valence-corrected chi connectivity index (χ3v) is 4.81. The minimum absolute atomic E-state index is 0.00807. The van der Waals surface area contributed by atoms with Crippen molar-refractivity contribution in [2.75, 3.05) is 25.5 Å². The Balaban J connectivity index is 1.71. The van der Waals surface area contributed by atoms with Crippen LogP contribution in [0.5, 0.6) is 0 Å². The first-order valence-electron chi connectivity index (χ1n) is 9.33. The lowest BCUT2D eigenvalue weighted by atomic mass is 10.0. The van der Waals surface area contributed by atoms with Gasteiger partial charge in [0.1, 0.15) is 11.9 Å². The molecule has 0 saturated carbocycles. The number of pyridine rings is 1. The van der Waals surface area contributed by atoms with Crippen molar-refractivity contribution in [2.24, 2.45) is 0 Å². The predicted molar refractivity (Wildman–Crippen MR) is 102 cm³/mol. The van der Waals surface area contributed by atoms with Crippen LogP contribution in [0.25, 0.3) is 0 Å². The number of carbonyl (C=O) groups excluding carboxylic acids is 2. The van der Waals surface area contributed by atoms with Gasteiger partial charge < -0.3 is 9.80 Å². The van der Waals surface area contributed by atoms with Crippen molar-refractivity contribution >= 4 is 17.8 Å². The number of piperazine rings is 1. The van der Waals surface area contributed by atoms with Gasteiger partial charge in [-0.2, -0.15) is 5.10 Å². The number of hydrogen-bond donors (Lipinski definition) is 1. The largest absolute Gasteiger partial charge is 0.342 e. The highest BCUT2D eigenvalue weighted by Crippen LogP contribution is 2.18. The molecule has 1 N–H and O–H groups in total. The van der Waals surface area contributed by atoms with Crippen molar-refractivity contribution in [3.63, 3.8) is 0 Å². The molecule has 1 aliphatic heterocycles. The Morgan fingerprint density at radius 2 is 2.15 bits per heavy atom. The monoisotopic (exact) mass is 370 g/mol. The fraction of sp³-hybridized carbons (Fsp3) is 0.474. The summed E-state index contributed by atoms with van der Waals surface area (Å²) in [5.74, 6) is 0.609. The first kappa shape index (κ1) is 18.9. The molecular formula is C19H26N6O2. The van der Waals surface area contributed by atoms with Gasteiger partial charge >= 0.3 is 6.03 Å². The molecule has 0 aliphatic carbocycles. The van der Waals surface area contributed by atoms with Crippen LogP contribution in [-0.4, -0.2) is 62.7 Å². The van der Waals surface area contributed by atoms with Gasteiger partial charge in [0.05, 0.1) is 12.7 Å². The summed E-state index contributed by atoms with van der Waals surface area (Å²) >= 11 is 0. The molecule has 0 aromatic carbocycles. The third kappa shape index (κ3) is 4.45. The highest BCUT2D eigenvalue weighted by atomic mass is 16.2. The highest BCUT2D eigenvalue weighted by molar-refractivity contribution is 5.94. The quantitative estimate of drug-likeness (QED) is 0.845. The fourth-order valence-corrected chi connectivity index (χ4v) is 3.24. The Bertz CT molecular complexity index is 776. The molecule has 27 heavy (non-hydrogen) atoms. The first-order chi connectivity index (χ1) is 13.1. The number of aromatic nitrogens is 3. The molecule has 1 aliphatic rings. The van der Waals surface area contributed by atoms with Crippen molar-refractivity contribution < 1.29 is 9.59 Å². The Kier molecular flexibility index (Phi) is 6.05. The van der Waals surface area contributed by atoms with Crippen LogP contribution in [0, 0.1) is 0 Å². The van der Waals surface area contributed by atoms with Gasteiger partial charge in [0.2, 0.25) is 5.91 Å². The fourth-order valence-electron chi connectivity index (χ4n) is 3.24. The molecule has 0 radical (unpaired) electrons. The molecule has 1 fully saturated rings. The molecule has 144 valence electrons. The molecule has 0 unspecified atom stereocenters. The maximum absolute atomic E-state index is 12.9. The van der Waals surface area contributed by atoms with E-state index in [-0.39, 0.29) is 11.9 Å². The lowest BCUT2D eigenvalue weighted by molar-refractivity contribution is -0.138. The average Bonchev–Trinajstić information content (AvgIpc) is 3.10. The zero-order chi connectivity index (χ0) is 19.2. The summed E-state index contributed by atoms with van der Waals surface area (Å²) in [5.41, 5.74) is 0.993. The van der Waals surface area contributed by atoms with E-state index in [2.05, 4.69) is 22.3 Å². The molecule has 2 aromatic heterocycles. The minimum atomic E-state index is -0.404. The summed E-state index contributed by atoms with van der Waals surface area (Å²) in [5, 5.41) is 7.20. The minimum Gasteiger partial charge on any atom is -0.342 e. The number of urea groups is 1. The maximum atomic E-state index is 12.9. The second-order valence-corrected chi connectivity index (χ2v) is 6.78. The number of rotatable bonds is 6. The van der Waals surface area contributed by atoms with E-state index in [4.69, 9.17) is 0 Å². The second-order valence-electron chi connectivity index (χ2n) is 6.78. The van der Waals surface area contributed by atoms with Crippen molar-refractivity contribution in [1.82, 2.24) is 24.6 Å². The number of anilines is 1. The molecule has 8 heteroatoms. The van der Waals surface area contributed by atoms with Crippen LogP contribution >= 0.6 is 0 Å². The summed E-state index contributed by atoms with van der Waals surface area (Å²) in [6.45, 7) is 3.67. The molecule has 3 heterocycles. The van der Waals surface area contributed by atoms with Gasteiger partial charge in [0.15, 0.2) is 0 Å². The summed E-state index contributed by atoms with van der Waals surface area (Å²) in [6, 6.07) is 4.92. The van der Waals surface area contributed by atoms with E-state index < -0.39 is 6.04 Å². The highest BCUT2D eigenvalue weighted by Gasteiger charge is 2.35. The zero-order valence-electron chi connectivity index (χ0n) is 15.8. The Hall–Kier alpha value is -2.90. The van der Waals surface area contributed by atoms with Crippen molar-refractivity contribution in [1.29, 1.82) is 0 Å². The molecular weight excluding hydrogens is 344 g/mol. The average molecular weight is 370 g/mol. The molecule has 1 saturated heterocycles. The van der Waals surface area contributed by atoms with Gasteiger partial charge in [-0.15, -0.1) is 0 Å². The zero-order valence-corrected chi connectivity index (χ0v) is 15.8. The number of nitrogens with zero attached hydrogens (tertiary/aromatic N) is 5. The Labute approximate surface area is 159 Å². The molecule has 3 amide bonds. The molecule has 8 nitrogen and oxygen atoms in total. The molecule has 2 aromatic rings. The summed E-state index contributed by atoms with van der Waals surface area (Å²) in [7, 11) is 1.79. The van der Waals surface area contributed by atoms with Crippen LogP contribution in [0.1, 0.15) is 31.7 Å². The smallest absolute Gasteiger partial charge is 0.323 e. The van der Waals surface area contributed by atoms with E-state index in [1.54, 1.807) is 46.2 Å². The predicted octanol–water partition coefficient (Wildman–Crippen LogP) is 2.19. The van der Waals surface area contributed by atoms with E-state index in [0.29, 0.717) is 31.9 Å². The Morgan fingerprint density at radius 1 is 1.30 bits per heavy atom. The summed E-state index contributed by atoms with van der Waals surface area (Å²) in [4.78, 5) is 32.9. The van der Waals surface area contributed by atoms with Crippen LogP contribution in [-0.2, 0) is 11.3 Å². The van der Waals surface area contributed by atoms with Gasteiger partial charge in [0, 0.05) is 38.6 Å². The normalized spacial score (nSPS) is 17.3. The van der Waals surface area contributed by atoms with Crippen LogP contribution in [0.4, 0.5) is 10.6 Å². The van der Waals surface area contributed by atoms with Gasteiger partial charge in [-0.1, -0.05) is 25.8 Å². The topological polar surface area (TPSA) is 83.4 Å². The number of carbonyl (C=O) groups is 2. The van der Waals surface area contributed by atoms with Gasteiger partial charge in [-0.05, 0) is 18.1 Å². The maximum Gasteiger partial charge on any atom is 0.323 e. The second kappa shape index (κ2) is 8.66. The third-order valence-electron chi connectivity index (χ3n) is 4.81. The number of nitrogens with one attached hydrogen (secondary N) is 1. The Morgan fingerprint density at radius 3 is 2.89 bits per heavy atom. The van der Waals surface area contributed by atoms with Gasteiger partial charge in [0.25, 0.3) is 0 Å². The van der Waals surface area contributed by atoms with Crippen molar-refractivity contribution in [2.45, 2.75) is 38.8 Å². The number of hydrogen-bond acceptors (Lipinski definition) is 4. The standard InChI is InChI=1S/C19H26N6O2/c1-3-4-7-16-18(26)23(2)11-12-24(16)19(27)22-17-8-10-21-25(17)14-15-6-5-9-20-13-15/h5-6,8-10,13,16H,3-4,7,11-12,14H2,1-2H3,(H,22,27)/t16-/m1/s1. The van der Waals surface area contributed by atoms with E-state index in [1.165, 1.54) is 0 Å². The van der Waals surface area contributed by atoms with E-state index in [0.717, 1.165) is 18.4 Å². The number of likely N-dealkylation sites (N-methyl/N-ethyl adjacent to an activating group) is 1. The van der Waals surface area contributed by atoms with E-state index >= 15 is 0 Å². The van der Waals surface area contributed by atoms with E-state index in [1.807, 2.05) is 12.1 Å². The lowest BCUT2D eigenvalue weighted by Crippen LogP contribution is -2.58. The lowest BCUT2D eigenvalue weighted by Gasteiger charge is -2.39. The number of unbranched alkanes of at least 4 members (excludes halogenated alkanes) is 1. The SMILES string of the molecule is CCCC[C@@H]1C(=O)N(C)CCN1C(=O)Nc1ccnn1Cc1cccnc1. The van der Waals surface area contributed by atoms with Crippen LogP contribution in [0.2, 0.25) is 0 Å². The van der Waals surface area contributed by atoms with Crippen LogP contribution in [0.15, 0.2) is 36.8 Å². The van der Waals surface area contributed by atoms with Crippen LogP contribution < -0.4 is 5.32 Å². The molecule has 0 spiro atoms. The summed E-state index contributed by atoms with van der Waals surface area (Å²) in [6.07, 6.45) is 7.72. The van der Waals surface area contributed by atoms with Gasteiger partial charge in [-0.3, -0.25) is 15.1 Å².